The van der Waals surface area contributed by atoms with Crippen LogP contribution in [0.3, 0.4) is 0 Å². The van der Waals surface area contributed by atoms with Crippen LogP contribution in [0.5, 0.6) is 5.75 Å². The molecule has 4 rings (SSSR count). The SMILES string of the molecule is O=C(Nc1n[nH]c2ccc(OCCN3CCCC3)cc12)C1CC1. The van der Waals surface area contributed by atoms with E-state index in [4.69, 9.17) is 4.74 Å². The van der Waals surface area contributed by atoms with E-state index in [1.807, 2.05) is 18.2 Å². The van der Waals surface area contributed by atoms with Gasteiger partial charge in [-0.3, -0.25) is 14.8 Å². The quantitative estimate of drug-likeness (QED) is 0.859. The number of likely N-dealkylation sites (tertiary alicyclic amines) is 1. The lowest BCUT2D eigenvalue weighted by atomic mass is 10.2. The van der Waals surface area contributed by atoms with Crippen LogP contribution in [0.1, 0.15) is 25.7 Å². The minimum absolute atomic E-state index is 0.0683. The molecular formula is C17H22N4O2. The molecule has 23 heavy (non-hydrogen) atoms. The van der Waals surface area contributed by atoms with Crippen LogP contribution in [0, 0.1) is 5.92 Å². The number of rotatable bonds is 6. The summed E-state index contributed by atoms with van der Waals surface area (Å²) in [6.07, 6.45) is 4.56. The highest BCUT2D eigenvalue weighted by atomic mass is 16.5. The highest BCUT2D eigenvalue weighted by Gasteiger charge is 2.30. The highest BCUT2D eigenvalue weighted by molar-refractivity contribution is 6.01. The molecular weight excluding hydrogens is 292 g/mol. The monoisotopic (exact) mass is 314 g/mol. The number of aromatic amines is 1. The second-order valence-electron chi connectivity index (χ2n) is 6.44. The number of nitrogens with one attached hydrogen (secondary N) is 2. The number of amides is 1. The maximum atomic E-state index is 11.9. The standard InChI is InChI=1S/C17H22N4O2/c22-17(12-3-4-12)18-16-14-11-13(5-6-15(14)19-20-16)23-10-9-21-7-1-2-8-21/h5-6,11-12H,1-4,7-10H2,(H2,18,19,20,22). The molecule has 1 aromatic carbocycles. The van der Waals surface area contributed by atoms with E-state index in [1.165, 1.54) is 25.9 Å². The molecule has 2 aliphatic rings. The van der Waals surface area contributed by atoms with Crippen LogP contribution in [-0.2, 0) is 4.79 Å². The van der Waals surface area contributed by atoms with Crippen molar-refractivity contribution in [2.24, 2.45) is 5.92 Å². The number of hydrogen-bond acceptors (Lipinski definition) is 4. The van der Waals surface area contributed by atoms with Crippen molar-refractivity contribution in [3.63, 3.8) is 0 Å². The lowest BCUT2D eigenvalue weighted by Crippen LogP contribution is -2.25. The fraction of sp³-hybridized carbons (Fsp3) is 0.529. The largest absolute Gasteiger partial charge is 0.492 e. The van der Waals surface area contributed by atoms with Crippen LogP contribution >= 0.6 is 0 Å². The van der Waals surface area contributed by atoms with Gasteiger partial charge in [-0.15, -0.1) is 0 Å². The summed E-state index contributed by atoms with van der Waals surface area (Å²) in [7, 11) is 0. The molecule has 6 nitrogen and oxygen atoms in total. The fourth-order valence-corrected chi connectivity index (χ4v) is 3.04. The third kappa shape index (κ3) is 3.32. The molecule has 0 spiro atoms. The van der Waals surface area contributed by atoms with Crippen molar-refractivity contribution in [2.45, 2.75) is 25.7 Å². The summed E-state index contributed by atoms with van der Waals surface area (Å²) >= 11 is 0. The van der Waals surface area contributed by atoms with E-state index in [0.29, 0.717) is 12.4 Å². The molecule has 122 valence electrons. The fourth-order valence-electron chi connectivity index (χ4n) is 3.04. The van der Waals surface area contributed by atoms with Gasteiger partial charge in [0.05, 0.1) is 5.52 Å². The second kappa shape index (κ2) is 6.20. The summed E-state index contributed by atoms with van der Waals surface area (Å²) in [4.78, 5) is 14.3. The Balaban J connectivity index is 1.42. The molecule has 2 aromatic rings. The van der Waals surface area contributed by atoms with Gasteiger partial charge >= 0.3 is 0 Å². The molecule has 0 unspecified atom stereocenters. The summed E-state index contributed by atoms with van der Waals surface area (Å²) in [5, 5.41) is 11.0. The molecule has 1 amide bonds. The molecule has 1 aliphatic carbocycles. The Bertz CT molecular complexity index is 702. The van der Waals surface area contributed by atoms with Crippen molar-refractivity contribution >= 4 is 22.6 Å². The molecule has 0 radical (unpaired) electrons. The minimum atomic E-state index is 0.0683. The van der Waals surface area contributed by atoms with E-state index in [-0.39, 0.29) is 11.8 Å². The van der Waals surface area contributed by atoms with Crippen molar-refractivity contribution < 1.29 is 9.53 Å². The van der Waals surface area contributed by atoms with Gasteiger partial charge in [0.15, 0.2) is 5.82 Å². The van der Waals surface area contributed by atoms with E-state index < -0.39 is 0 Å². The Hall–Kier alpha value is -2.08. The first-order chi connectivity index (χ1) is 11.3. The number of benzene rings is 1. The van der Waals surface area contributed by atoms with Gasteiger partial charge in [-0.2, -0.15) is 5.10 Å². The molecule has 2 heterocycles. The Morgan fingerprint density at radius 2 is 2.17 bits per heavy atom. The zero-order valence-electron chi connectivity index (χ0n) is 13.2. The zero-order valence-corrected chi connectivity index (χ0v) is 13.2. The average Bonchev–Trinajstić information content (AvgIpc) is 3.16. The zero-order chi connectivity index (χ0) is 15.6. The van der Waals surface area contributed by atoms with Gasteiger partial charge in [-0.05, 0) is 57.0 Å². The normalized spacial score (nSPS) is 18.4. The smallest absolute Gasteiger partial charge is 0.228 e. The second-order valence-corrected chi connectivity index (χ2v) is 6.44. The Labute approximate surface area is 135 Å². The number of carbonyl (C=O) groups is 1. The molecule has 2 N–H and O–H groups in total. The van der Waals surface area contributed by atoms with Gasteiger partial charge in [0, 0.05) is 17.8 Å². The third-order valence-corrected chi connectivity index (χ3v) is 4.60. The van der Waals surface area contributed by atoms with Crippen LogP contribution in [0.15, 0.2) is 18.2 Å². The van der Waals surface area contributed by atoms with Crippen molar-refractivity contribution in [3.05, 3.63) is 18.2 Å². The summed E-state index contributed by atoms with van der Waals surface area (Å²) in [6, 6.07) is 5.84. The summed E-state index contributed by atoms with van der Waals surface area (Å²) < 4.78 is 5.87. The first kappa shape index (κ1) is 14.5. The predicted molar refractivity (Wildman–Crippen MR) is 88.6 cm³/mol. The van der Waals surface area contributed by atoms with Crippen molar-refractivity contribution in [2.75, 3.05) is 31.6 Å². The van der Waals surface area contributed by atoms with Crippen molar-refractivity contribution in [1.82, 2.24) is 15.1 Å². The molecule has 1 saturated heterocycles. The molecule has 0 atom stereocenters. The van der Waals surface area contributed by atoms with Gasteiger partial charge in [0.25, 0.3) is 0 Å². The summed E-state index contributed by atoms with van der Waals surface area (Å²) in [6.45, 7) is 4.02. The van der Waals surface area contributed by atoms with Crippen molar-refractivity contribution in [1.29, 1.82) is 0 Å². The topological polar surface area (TPSA) is 70.2 Å². The maximum Gasteiger partial charge on any atom is 0.228 e. The lowest BCUT2D eigenvalue weighted by Gasteiger charge is -2.14. The van der Waals surface area contributed by atoms with Crippen LogP contribution in [0.25, 0.3) is 10.9 Å². The number of ether oxygens (including phenoxy) is 1. The van der Waals surface area contributed by atoms with Crippen molar-refractivity contribution in [3.8, 4) is 5.75 Å². The minimum Gasteiger partial charge on any atom is -0.492 e. The number of nitrogens with zero attached hydrogens (tertiary/aromatic N) is 2. The van der Waals surface area contributed by atoms with E-state index in [0.717, 1.165) is 36.0 Å². The Morgan fingerprint density at radius 1 is 1.35 bits per heavy atom. The Morgan fingerprint density at radius 3 is 2.96 bits per heavy atom. The first-order valence-corrected chi connectivity index (χ1v) is 8.44. The molecule has 2 fully saturated rings. The number of hydrogen-bond donors (Lipinski definition) is 2. The highest BCUT2D eigenvalue weighted by Crippen LogP contribution is 2.31. The van der Waals surface area contributed by atoms with Gasteiger partial charge in [-0.25, -0.2) is 0 Å². The molecule has 1 aliphatic heterocycles. The number of aromatic nitrogens is 2. The van der Waals surface area contributed by atoms with E-state index in [2.05, 4.69) is 20.4 Å². The third-order valence-electron chi connectivity index (χ3n) is 4.60. The van der Waals surface area contributed by atoms with E-state index in [1.54, 1.807) is 0 Å². The van der Waals surface area contributed by atoms with Crippen LogP contribution in [-0.4, -0.2) is 47.2 Å². The summed E-state index contributed by atoms with van der Waals surface area (Å²) in [5.74, 6) is 1.65. The summed E-state index contributed by atoms with van der Waals surface area (Å²) in [5.41, 5.74) is 0.906. The number of H-pyrrole nitrogens is 1. The van der Waals surface area contributed by atoms with Crippen LogP contribution < -0.4 is 10.1 Å². The molecule has 0 bridgehead atoms. The number of carbonyl (C=O) groups excluding carboxylic acids is 1. The van der Waals surface area contributed by atoms with E-state index >= 15 is 0 Å². The number of anilines is 1. The lowest BCUT2D eigenvalue weighted by molar-refractivity contribution is -0.117. The molecule has 1 saturated carbocycles. The van der Waals surface area contributed by atoms with E-state index in [9.17, 15) is 4.79 Å². The predicted octanol–water partition coefficient (Wildman–Crippen LogP) is 2.39. The molecule has 6 heteroatoms. The van der Waals surface area contributed by atoms with Gasteiger partial charge in [-0.1, -0.05) is 0 Å². The van der Waals surface area contributed by atoms with Crippen LogP contribution in [0.4, 0.5) is 5.82 Å². The van der Waals surface area contributed by atoms with Gasteiger partial charge < -0.3 is 10.1 Å². The van der Waals surface area contributed by atoms with Crippen LogP contribution in [0.2, 0.25) is 0 Å². The van der Waals surface area contributed by atoms with Gasteiger partial charge in [0.1, 0.15) is 12.4 Å². The molecule has 1 aromatic heterocycles. The van der Waals surface area contributed by atoms with Gasteiger partial charge in [0.2, 0.25) is 5.91 Å². The first-order valence-electron chi connectivity index (χ1n) is 8.44. The maximum absolute atomic E-state index is 11.9. The Kier molecular flexibility index (Phi) is 3.91. The number of fused-ring (bicyclic) bond motifs is 1. The average molecular weight is 314 g/mol.